The molecule has 0 aliphatic heterocycles. The molecule has 7 heteroatoms. The average molecular weight is 401 g/mol. The van der Waals surface area contributed by atoms with Crippen LogP contribution in [-0.4, -0.2) is 30.2 Å². The molecule has 3 aromatic rings. The molecule has 0 saturated carbocycles. The molecule has 2 N–H and O–H groups in total. The monoisotopic (exact) mass is 400 g/mol. The van der Waals surface area contributed by atoms with E-state index in [0.29, 0.717) is 28.0 Å². The number of carbonyl (C=O) groups is 1. The molecule has 1 unspecified atom stereocenters. The molecule has 1 atom stereocenters. The number of nitrogens with zero attached hydrogens (tertiary/aromatic N) is 1. The predicted octanol–water partition coefficient (Wildman–Crippen LogP) is 4.00. The van der Waals surface area contributed by atoms with Crippen molar-refractivity contribution in [3.05, 3.63) is 64.8 Å². The quantitative estimate of drug-likeness (QED) is 0.677. The number of hydrogen-bond acceptors (Lipinski definition) is 3. The Morgan fingerprint density at radius 2 is 1.75 bits per heavy atom. The van der Waals surface area contributed by atoms with E-state index in [4.69, 9.17) is 0 Å². The van der Waals surface area contributed by atoms with Crippen LogP contribution in [0.2, 0.25) is 0 Å². The molecular weight excluding hydrogens is 376 g/mol. The van der Waals surface area contributed by atoms with Gasteiger partial charge in [0, 0.05) is 17.6 Å². The van der Waals surface area contributed by atoms with Crippen molar-refractivity contribution in [3.63, 3.8) is 0 Å². The number of fused-ring (bicyclic) bond motifs is 1. The fourth-order valence-corrected chi connectivity index (χ4v) is 5.55. The lowest BCUT2D eigenvalue weighted by atomic mass is 10.1. The van der Waals surface area contributed by atoms with Gasteiger partial charge in [0.25, 0.3) is 0 Å². The van der Waals surface area contributed by atoms with Crippen LogP contribution in [0.4, 0.5) is 4.79 Å². The maximum atomic E-state index is 13.0. The first-order chi connectivity index (χ1) is 13.1. The lowest BCUT2D eigenvalue weighted by Gasteiger charge is -2.17. The standard InChI is InChI=1S/C21H24N2O4S/c1-13-9-14(2)20(15(3)10-13)28(26,27)22-16(4)11-17-12-23(21(24)25)19-8-6-5-7-18(17)19/h5-10,12,16,22H,11H2,1-4H3,(H,24,25). The SMILES string of the molecule is Cc1cc(C)c(S(=O)(=O)NC(C)Cc2cn(C(=O)O)c3ccccc23)c(C)c1. The van der Waals surface area contributed by atoms with Gasteiger partial charge < -0.3 is 5.11 Å². The minimum Gasteiger partial charge on any atom is -0.464 e. The number of rotatable bonds is 5. The second kappa shape index (κ2) is 7.41. The lowest BCUT2D eigenvalue weighted by Crippen LogP contribution is -2.34. The van der Waals surface area contributed by atoms with Gasteiger partial charge in [-0.05, 0) is 56.9 Å². The fourth-order valence-electron chi connectivity index (χ4n) is 3.86. The number of nitrogens with one attached hydrogen (secondary N) is 1. The Bertz CT molecular complexity index is 1140. The van der Waals surface area contributed by atoms with E-state index in [-0.39, 0.29) is 0 Å². The predicted molar refractivity (Wildman–Crippen MR) is 110 cm³/mol. The molecule has 28 heavy (non-hydrogen) atoms. The molecule has 6 nitrogen and oxygen atoms in total. The molecule has 1 aromatic heterocycles. The molecule has 3 rings (SSSR count). The molecule has 0 aliphatic carbocycles. The second-order valence-electron chi connectivity index (χ2n) is 7.28. The summed E-state index contributed by atoms with van der Waals surface area (Å²) < 4.78 is 29.8. The zero-order chi connectivity index (χ0) is 20.6. The number of benzene rings is 2. The summed E-state index contributed by atoms with van der Waals surface area (Å²) >= 11 is 0. The highest BCUT2D eigenvalue weighted by Gasteiger charge is 2.23. The highest BCUT2D eigenvalue weighted by Crippen LogP contribution is 2.24. The van der Waals surface area contributed by atoms with E-state index in [9.17, 15) is 18.3 Å². The van der Waals surface area contributed by atoms with E-state index < -0.39 is 22.2 Å². The van der Waals surface area contributed by atoms with Crippen LogP contribution in [0.15, 0.2) is 47.5 Å². The maximum absolute atomic E-state index is 13.0. The summed E-state index contributed by atoms with van der Waals surface area (Å²) in [6.07, 6.45) is 0.867. The van der Waals surface area contributed by atoms with Crippen molar-refractivity contribution in [1.29, 1.82) is 0 Å². The molecule has 0 saturated heterocycles. The van der Waals surface area contributed by atoms with Crippen molar-refractivity contribution in [2.24, 2.45) is 0 Å². The van der Waals surface area contributed by atoms with Crippen molar-refractivity contribution in [2.75, 3.05) is 0 Å². The molecule has 2 aromatic carbocycles. The highest BCUT2D eigenvalue weighted by molar-refractivity contribution is 7.89. The Balaban J connectivity index is 1.90. The molecule has 148 valence electrons. The van der Waals surface area contributed by atoms with Crippen molar-refractivity contribution in [1.82, 2.24) is 9.29 Å². The van der Waals surface area contributed by atoms with Gasteiger partial charge in [-0.1, -0.05) is 35.9 Å². The number of carboxylic acid groups (broad SMARTS) is 1. The Kier molecular flexibility index (Phi) is 5.32. The normalized spacial score (nSPS) is 13.0. The average Bonchev–Trinajstić information content (AvgIpc) is 2.92. The molecular formula is C21H24N2O4S. The van der Waals surface area contributed by atoms with E-state index in [1.165, 1.54) is 4.57 Å². The second-order valence-corrected chi connectivity index (χ2v) is 8.93. The van der Waals surface area contributed by atoms with Gasteiger partial charge in [-0.2, -0.15) is 0 Å². The van der Waals surface area contributed by atoms with Gasteiger partial charge in [-0.25, -0.2) is 17.9 Å². The number of para-hydroxylation sites is 1. The maximum Gasteiger partial charge on any atom is 0.416 e. The largest absolute Gasteiger partial charge is 0.464 e. The van der Waals surface area contributed by atoms with Crippen LogP contribution in [0.5, 0.6) is 0 Å². The topological polar surface area (TPSA) is 88.4 Å². The molecule has 0 spiro atoms. The van der Waals surface area contributed by atoms with Gasteiger partial charge >= 0.3 is 6.09 Å². The number of aryl methyl sites for hydroxylation is 3. The van der Waals surface area contributed by atoms with Gasteiger partial charge in [-0.15, -0.1) is 0 Å². The lowest BCUT2D eigenvalue weighted by molar-refractivity contribution is 0.197. The summed E-state index contributed by atoms with van der Waals surface area (Å²) in [6.45, 7) is 7.30. The Labute approximate surface area is 164 Å². The van der Waals surface area contributed by atoms with Gasteiger partial charge in [0.15, 0.2) is 0 Å². The third-order valence-corrected chi connectivity index (χ3v) is 6.65. The first-order valence-corrected chi connectivity index (χ1v) is 10.5. The molecule has 0 radical (unpaired) electrons. The summed E-state index contributed by atoms with van der Waals surface area (Å²) in [7, 11) is -3.69. The zero-order valence-electron chi connectivity index (χ0n) is 16.4. The fraction of sp³-hybridized carbons (Fsp3) is 0.286. The highest BCUT2D eigenvalue weighted by atomic mass is 32.2. The molecule has 0 amide bonds. The van der Waals surface area contributed by atoms with Crippen molar-refractivity contribution in [3.8, 4) is 0 Å². The van der Waals surface area contributed by atoms with Gasteiger partial charge in [0.1, 0.15) is 0 Å². The van der Waals surface area contributed by atoms with Crippen LogP contribution in [0.3, 0.4) is 0 Å². The van der Waals surface area contributed by atoms with Gasteiger partial charge in [0.05, 0.1) is 10.4 Å². The van der Waals surface area contributed by atoms with E-state index in [2.05, 4.69) is 4.72 Å². The first kappa shape index (κ1) is 20.1. The molecule has 1 heterocycles. The number of hydrogen-bond donors (Lipinski definition) is 2. The smallest absolute Gasteiger partial charge is 0.416 e. The Morgan fingerprint density at radius 1 is 1.14 bits per heavy atom. The minimum absolute atomic E-state index is 0.304. The Hall–Kier alpha value is -2.64. The minimum atomic E-state index is -3.69. The van der Waals surface area contributed by atoms with Crippen LogP contribution in [0.25, 0.3) is 10.9 Å². The zero-order valence-corrected chi connectivity index (χ0v) is 17.2. The third kappa shape index (κ3) is 3.81. The van der Waals surface area contributed by atoms with Crippen molar-refractivity contribution < 1.29 is 18.3 Å². The van der Waals surface area contributed by atoms with Crippen LogP contribution in [-0.2, 0) is 16.4 Å². The van der Waals surface area contributed by atoms with Gasteiger partial charge in [-0.3, -0.25) is 4.57 Å². The van der Waals surface area contributed by atoms with E-state index in [1.54, 1.807) is 39.1 Å². The summed E-state index contributed by atoms with van der Waals surface area (Å²) in [5.74, 6) is 0. The van der Waals surface area contributed by atoms with Gasteiger partial charge in [0.2, 0.25) is 10.0 Å². The number of aromatic nitrogens is 1. The third-order valence-electron chi connectivity index (χ3n) is 4.76. The van der Waals surface area contributed by atoms with Crippen molar-refractivity contribution in [2.45, 2.75) is 45.1 Å². The Morgan fingerprint density at radius 3 is 2.36 bits per heavy atom. The first-order valence-electron chi connectivity index (χ1n) is 9.02. The van der Waals surface area contributed by atoms with Crippen molar-refractivity contribution >= 4 is 27.0 Å². The number of sulfonamides is 1. The van der Waals surface area contributed by atoms with Crippen LogP contribution < -0.4 is 4.72 Å². The molecule has 0 bridgehead atoms. The van der Waals surface area contributed by atoms with Crippen LogP contribution in [0.1, 0.15) is 29.2 Å². The molecule has 0 fully saturated rings. The van der Waals surface area contributed by atoms with Crippen LogP contribution >= 0.6 is 0 Å². The van der Waals surface area contributed by atoms with E-state index >= 15 is 0 Å². The summed E-state index contributed by atoms with van der Waals surface area (Å²) in [5.41, 5.74) is 3.80. The van der Waals surface area contributed by atoms with Crippen LogP contribution in [0, 0.1) is 20.8 Å². The summed E-state index contributed by atoms with van der Waals surface area (Å²) in [4.78, 5) is 11.8. The molecule has 0 aliphatic rings. The van der Waals surface area contributed by atoms with E-state index in [0.717, 1.165) is 16.5 Å². The summed E-state index contributed by atoms with van der Waals surface area (Å²) in [5, 5.41) is 10.2. The summed E-state index contributed by atoms with van der Waals surface area (Å²) in [6, 6.07) is 10.5. The van der Waals surface area contributed by atoms with E-state index in [1.807, 2.05) is 31.2 Å².